The third kappa shape index (κ3) is 3.33. The van der Waals surface area contributed by atoms with Crippen LogP contribution in [0.5, 0.6) is 0 Å². The first kappa shape index (κ1) is 11.7. The van der Waals surface area contributed by atoms with Crippen LogP contribution >= 0.6 is 11.3 Å². The van der Waals surface area contributed by atoms with Gasteiger partial charge in [-0.3, -0.25) is 4.98 Å². The maximum atomic E-state index is 10.6. The molecule has 17 heavy (non-hydrogen) atoms. The summed E-state index contributed by atoms with van der Waals surface area (Å²) in [6.45, 7) is 0.743. The molecule has 2 aromatic rings. The second kappa shape index (κ2) is 5.51. The van der Waals surface area contributed by atoms with Crippen molar-refractivity contribution in [2.45, 2.75) is 13.2 Å². The Bertz CT molecular complexity index is 498. The Morgan fingerprint density at radius 1 is 1.47 bits per heavy atom. The zero-order valence-electron chi connectivity index (χ0n) is 8.87. The Balaban J connectivity index is 1.84. The van der Waals surface area contributed by atoms with Gasteiger partial charge in [-0.15, -0.1) is 11.3 Å². The Labute approximate surface area is 102 Å². The number of ether oxygens (including phenoxy) is 1. The van der Waals surface area contributed by atoms with Gasteiger partial charge in [0.05, 0.1) is 18.9 Å². The minimum absolute atomic E-state index is 0.0879. The van der Waals surface area contributed by atoms with Crippen LogP contribution in [0.15, 0.2) is 29.9 Å². The number of thiazole rings is 1. The van der Waals surface area contributed by atoms with Crippen LogP contribution in [-0.2, 0) is 18.0 Å². The van der Waals surface area contributed by atoms with Crippen molar-refractivity contribution in [2.24, 2.45) is 0 Å². The summed E-state index contributed by atoms with van der Waals surface area (Å²) >= 11 is 1.10. The van der Waals surface area contributed by atoms with E-state index in [9.17, 15) is 4.79 Å². The summed E-state index contributed by atoms with van der Waals surface area (Å²) in [5.41, 5.74) is 1.61. The van der Waals surface area contributed by atoms with Gasteiger partial charge in [-0.25, -0.2) is 9.78 Å². The second-order valence-electron chi connectivity index (χ2n) is 3.30. The standard InChI is InChI=1S/C11H10N2O3S/c14-11(15)10-13-9(7-17-10)6-16-5-8-2-1-3-12-4-8/h1-4,7H,5-6H2,(H,14,15). The highest BCUT2D eigenvalue weighted by atomic mass is 32.1. The maximum absolute atomic E-state index is 10.6. The zero-order valence-corrected chi connectivity index (χ0v) is 9.68. The highest BCUT2D eigenvalue weighted by Gasteiger charge is 2.08. The van der Waals surface area contributed by atoms with Crippen LogP contribution in [-0.4, -0.2) is 21.0 Å². The number of pyridine rings is 1. The fourth-order valence-electron chi connectivity index (χ4n) is 1.23. The van der Waals surface area contributed by atoms with E-state index in [2.05, 4.69) is 9.97 Å². The lowest BCUT2D eigenvalue weighted by molar-refractivity contribution is 0.0694. The van der Waals surface area contributed by atoms with Crippen molar-refractivity contribution >= 4 is 17.3 Å². The summed E-state index contributed by atoms with van der Waals surface area (Å²) in [4.78, 5) is 18.5. The molecule has 0 spiro atoms. The number of carboxylic acid groups (broad SMARTS) is 1. The van der Waals surface area contributed by atoms with Gasteiger partial charge >= 0.3 is 5.97 Å². The van der Waals surface area contributed by atoms with E-state index in [1.54, 1.807) is 17.8 Å². The van der Waals surface area contributed by atoms with E-state index in [-0.39, 0.29) is 5.01 Å². The van der Waals surface area contributed by atoms with Gasteiger partial charge in [0.25, 0.3) is 0 Å². The van der Waals surface area contributed by atoms with E-state index in [1.807, 2.05) is 12.1 Å². The Hall–Kier alpha value is -1.79. The summed E-state index contributed by atoms with van der Waals surface area (Å²) in [6.07, 6.45) is 3.42. The highest BCUT2D eigenvalue weighted by Crippen LogP contribution is 2.11. The number of aromatic carboxylic acids is 1. The fourth-order valence-corrected chi connectivity index (χ4v) is 1.87. The smallest absolute Gasteiger partial charge is 0.365 e. The molecule has 0 aliphatic heterocycles. The molecule has 2 rings (SSSR count). The van der Waals surface area contributed by atoms with Gasteiger partial charge in [-0.05, 0) is 11.6 Å². The molecule has 1 N–H and O–H groups in total. The zero-order chi connectivity index (χ0) is 12.1. The predicted molar refractivity (Wildman–Crippen MR) is 61.8 cm³/mol. The number of nitrogens with zero attached hydrogens (tertiary/aromatic N) is 2. The molecule has 2 aromatic heterocycles. The molecule has 6 heteroatoms. The summed E-state index contributed by atoms with van der Waals surface area (Å²) in [5.74, 6) is -1.01. The van der Waals surface area contributed by atoms with Crippen molar-refractivity contribution in [3.63, 3.8) is 0 Å². The first-order valence-corrected chi connectivity index (χ1v) is 5.78. The molecule has 0 radical (unpaired) electrons. The van der Waals surface area contributed by atoms with E-state index in [1.165, 1.54) is 0 Å². The van der Waals surface area contributed by atoms with Gasteiger partial charge in [-0.2, -0.15) is 0 Å². The minimum Gasteiger partial charge on any atom is -0.476 e. The van der Waals surface area contributed by atoms with Gasteiger partial charge in [0.2, 0.25) is 5.01 Å². The summed E-state index contributed by atoms with van der Waals surface area (Å²) in [7, 11) is 0. The molecule has 0 aliphatic rings. The van der Waals surface area contributed by atoms with Crippen molar-refractivity contribution in [1.29, 1.82) is 0 Å². The molecule has 0 saturated carbocycles. The van der Waals surface area contributed by atoms with Gasteiger partial charge < -0.3 is 9.84 Å². The van der Waals surface area contributed by atoms with Crippen LogP contribution in [0.4, 0.5) is 0 Å². The Kier molecular flexibility index (Phi) is 3.79. The summed E-state index contributed by atoms with van der Waals surface area (Å²) in [5, 5.41) is 10.5. The third-order valence-electron chi connectivity index (χ3n) is 1.98. The quantitative estimate of drug-likeness (QED) is 0.878. The Morgan fingerprint density at radius 3 is 3.00 bits per heavy atom. The van der Waals surface area contributed by atoms with Crippen LogP contribution in [0.1, 0.15) is 21.1 Å². The highest BCUT2D eigenvalue weighted by molar-refractivity contribution is 7.11. The number of rotatable bonds is 5. The number of aromatic nitrogens is 2. The van der Waals surface area contributed by atoms with Gasteiger partial charge in [-0.1, -0.05) is 6.07 Å². The SMILES string of the molecule is O=C(O)c1nc(COCc2cccnc2)cs1. The van der Waals surface area contributed by atoms with Gasteiger partial charge in [0, 0.05) is 17.8 Å². The van der Waals surface area contributed by atoms with E-state index < -0.39 is 5.97 Å². The van der Waals surface area contributed by atoms with Crippen LogP contribution in [0.2, 0.25) is 0 Å². The van der Waals surface area contributed by atoms with E-state index in [4.69, 9.17) is 9.84 Å². The molecule has 0 aliphatic carbocycles. The van der Waals surface area contributed by atoms with Gasteiger partial charge in [0.15, 0.2) is 0 Å². The lowest BCUT2D eigenvalue weighted by Gasteiger charge is -2.01. The third-order valence-corrected chi connectivity index (χ3v) is 2.86. The van der Waals surface area contributed by atoms with Crippen LogP contribution < -0.4 is 0 Å². The average Bonchev–Trinajstić information content (AvgIpc) is 2.79. The normalized spacial score (nSPS) is 10.4. The molecule has 0 fully saturated rings. The fraction of sp³-hybridized carbons (Fsp3) is 0.182. The monoisotopic (exact) mass is 250 g/mol. The number of carbonyl (C=O) groups is 1. The molecule has 0 saturated heterocycles. The molecule has 0 aromatic carbocycles. The molecular formula is C11H10N2O3S. The van der Waals surface area contributed by atoms with Crippen molar-refractivity contribution in [3.05, 3.63) is 46.2 Å². The first-order valence-electron chi connectivity index (χ1n) is 4.90. The molecular weight excluding hydrogens is 240 g/mol. The molecule has 88 valence electrons. The predicted octanol–water partition coefficient (Wildman–Crippen LogP) is 1.95. The van der Waals surface area contributed by atoms with Crippen molar-refractivity contribution in [2.75, 3.05) is 0 Å². The lowest BCUT2D eigenvalue weighted by Crippen LogP contribution is -1.98. The van der Waals surface area contributed by atoms with Crippen LogP contribution in [0, 0.1) is 0 Å². The van der Waals surface area contributed by atoms with Crippen molar-refractivity contribution in [1.82, 2.24) is 9.97 Å². The molecule has 0 bridgehead atoms. The van der Waals surface area contributed by atoms with Crippen molar-refractivity contribution < 1.29 is 14.6 Å². The molecule has 0 atom stereocenters. The molecule has 0 amide bonds. The lowest BCUT2D eigenvalue weighted by atomic mass is 10.3. The molecule has 5 nitrogen and oxygen atoms in total. The minimum atomic E-state index is -1.01. The topological polar surface area (TPSA) is 72.3 Å². The van der Waals surface area contributed by atoms with Gasteiger partial charge in [0.1, 0.15) is 0 Å². The largest absolute Gasteiger partial charge is 0.476 e. The van der Waals surface area contributed by atoms with Crippen LogP contribution in [0.3, 0.4) is 0 Å². The second-order valence-corrected chi connectivity index (χ2v) is 4.16. The maximum Gasteiger partial charge on any atom is 0.365 e. The summed E-state index contributed by atoms with van der Waals surface area (Å²) < 4.78 is 5.41. The first-order chi connectivity index (χ1) is 8.25. The van der Waals surface area contributed by atoms with E-state index in [0.717, 1.165) is 16.9 Å². The van der Waals surface area contributed by atoms with Crippen molar-refractivity contribution in [3.8, 4) is 0 Å². The molecule has 2 heterocycles. The average molecular weight is 250 g/mol. The van der Waals surface area contributed by atoms with E-state index >= 15 is 0 Å². The summed E-state index contributed by atoms with van der Waals surface area (Å²) in [6, 6.07) is 3.75. The number of hydrogen-bond donors (Lipinski definition) is 1. The Morgan fingerprint density at radius 2 is 2.35 bits per heavy atom. The molecule has 0 unspecified atom stereocenters. The number of carboxylic acids is 1. The van der Waals surface area contributed by atoms with Crippen LogP contribution in [0.25, 0.3) is 0 Å². The van der Waals surface area contributed by atoms with E-state index in [0.29, 0.717) is 18.9 Å². The number of hydrogen-bond acceptors (Lipinski definition) is 5.